The van der Waals surface area contributed by atoms with E-state index in [4.69, 9.17) is 9.47 Å². The summed E-state index contributed by atoms with van der Waals surface area (Å²) < 4.78 is 10.1. The monoisotopic (exact) mass is 267 g/mol. The third-order valence-corrected chi connectivity index (χ3v) is 2.71. The fraction of sp³-hybridized carbons (Fsp3) is 0.500. The molecule has 5 heteroatoms. The van der Waals surface area contributed by atoms with Gasteiger partial charge in [0, 0.05) is 13.7 Å². The molecule has 1 unspecified atom stereocenters. The van der Waals surface area contributed by atoms with Gasteiger partial charge in [-0.2, -0.15) is 0 Å². The zero-order chi connectivity index (χ0) is 14.1. The van der Waals surface area contributed by atoms with E-state index in [2.05, 4.69) is 5.32 Å². The molecule has 1 rings (SSSR count). The fourth-order valence-corrected chi connectivity index (χ4v) is 1.57. The summed E-state index contributed by atoms with van der Waals surface area (Å²) in [6, 6.07) is 7.09. The van der Waals surface area contributed by atoms with Gasteiger partial charge in [0.1, 0.15) is 11.9 Å². The van der Waals surface area contributed by atoms with Gasteiger partial charge in [0.05, 0.1) is 13.2 Å². The quantitative estimate of drug-likeness (QED) is 0.692. The van der Waals surface area contributed by atoms with Crippen LogP contribution in [0.15, 0.2) is 24.3 Å². The summed E-state index contributed by atoms with van der Waals surface area (Å²) in [5.41, 5.74) is 0.816. The molecule has 0 aliphatic carbocycles. The van der Waals surface area contributed by atoms with Crippen molar-refractivity contribution in [1.29, 1.82) is 0 Å². The average molecular weight is 267 g/mol. The van der Waals surface area contributed by atoms with Crippen LogP contribution in [0.2, 0.25) is 0 Å². The molecule has 2 N–H and O–H groups in total. The van der Waals surface area contributed by atoms with Gasteiger partial charge in [-0.05, 0) is 25.0 Å². The molecule has 0 saturated carbocycles. The second-order valence-corrected chi connectivity index (χ2v) is 4.18. The highest BCUT2D eigenvalue weighted by Gasteiger charge is 2.12. The van der Waals surface area contributed by atoms with Crippen molar-refractivity contribution in [2.75, 3.05) is 26.9 Å². The van der Waals surface area contributed by atoms with E-state index < -0.39 is 6.10 Å². The molecule has 0 radical (unpaired) electrons. The number of phenolic OH excluding ortho intramolecular Hbond substituents is 1. The first-order valence-corrected chi connectivity index (χ1v) is 6.30. The number of methoxy groups -OCH3 is 1. The van der Waals surface area contributed by atoms with Gasteiger partial charge in [-0.3, -0.25) is 4.79 Å². The summed E-state index contributed by atoms with van der Waals surface area (Å²) in [5.74, 6) is 0.0904. The van der Waals surface area contributed by atoms with Crippen LogP contribution < -0.4 is 5.32 Å². The van der Waals surface area contributed by atoms with Gasteiger partial charge in [0.2, 0.25) is 5.91 Å². The zero-order valence-electron chi connectivity index (χ0n) is 11.4. The van der Waals surface area contributed by atoms with Crippen molar-refractivity contribution in [2.24, 2.45) is 0 Å². The fourth-order valence-electron chi connectivity index (χ4n) is 1.57. The Bertz CT molecular complexity index is 395. The second kappa shape index (κ2) is 8.50. The van der Waals surface area contributed by atoms with Gasteiger partial charge in [-0.15, -0.1) is 0 Å². The molecule has 1 atom stereocenters. The van der Waals surface area contributed by atoms with Crippen LogP contribution in [-0.2, 0) is 20.7 Å². The number of hydrogen-bond donors (Lipinski definition) is 2. The van der Waals surface area contributed by atoms with E-state index >= 15 is 0 Å². The number of amides is 1. The molecule has 0 fully saturated rings. The molecule has 19 heavy (non-hydrogen) atoms. The van der Waals surface area contributed by atoms with E-state index in [0.717, 1.165) is 5.56 Å². The summed E-state index contributed by atoms with van der Waals surface area (Å²) in [5, 5.41) is 12.3. The number of para-hydroxylation sites is 1. The van der Waals surface area contributed by atoms with Crippen molar-refractivity contribution in [3.05, 3.63) is 29.8 Å². The predicted octanol–water partition coefficient (Wildman–Crippen LogP) is 1.10. The number of nitrogens with one attached hydrogen (secondary N) is 1. The molecule has 1 amide bonds. The van der Waals surface area contributed by atoms with Gasteiger partial charge in [-0.25, -0.2) is 0 Å². The van der Waals surface area contributed by atoms with Gasteiger partial charge >= 0.3 is 0 Å². The van der Waals surface area contributed by atoms with Crippen LogP contribution in [-0.4, -0.2) is 44.0 Å². The average Bonchev–Trinajstić information content (AvgIpc) is 2.41. The largest absolute Gasteiger partial charge is 0.508 e. The van der Waals surface area contributed by atoms with E-state index in [0.29, 0.717) is 26.2 Å². The standard InChI is InChI=1S/C14H21NO4/c1-11(19-10-9-18-2)14(17)15-8-7-12-5-3-4-6-13(12)16/h3-6,11,16H,7-10H2,1-2H3,(H,15,17). The smallest absolute Gasteiger partial charge is 0.248 e. The van der Waals surface area contributed by atoms with Crippen molar-refractivity contribution in [3.63, 3.8) is 0 Å². The first kappa shape index (κ1) is 15.5. The molecule has 1 aromatic rings. The van der Waals surface area contributed by atoms with E-state index in [1.165, 1.54) is 0 Å². The molecule has 106 valence electrons. The van der Waals surface area contributed by atoms with Crippen molar-refractivity contribution >= 4 is 5.91 Å². The van der Waals surface area contributed by atoms with Crippen molar-refractivity contribution < 1.29 is 19.4 Å². The van der Waals surface area contributed by atoms with Crippen LogP contribution in [0.1, 0.15) is 12.5 Å². The van der Waals surface area contributed by atoms with Crippen molar-refractivity contribution in [2.45, 2.75) is 19.4 Å². The minimum atomic E-state index is -0.500. The Morgan fingerprint density at radius 3 is 2.79 bits per heavy atom. The van der Waals surface area contributed by atoms with Crippen LogP contribution >= 0.6 is 0 Å². The number of benzene rings is 1. The third kappa shape index (κ3) is 5.72. The van der Waals surface area contributed by atoms with Crippen LogP contribution in [0.4, 0.5) is 0 Å². The lowest BCUT2D eigenvalue weighted by Gasteiger charge is -2.13. The summed E-state index contributed by atoms with van der Waals surface area (Å²) in [7, 11) is 1.58. The topological polar surface area (TPSA) is 67.8 Å². The third-order valence-electron chi connectivity index (χ3n) is 2.71. The number of hydrogen-bond acceptors (Lipinski definition) is 4. The molecule has 1 aromatic carbocycles. The normalized spacial score (nSPS) is 12.1. The lowest BCUT2D eigenvalue weighted by Crippen LogP contribution is -2.36. The maximum absolute atomic E-state index is 11.7. The highest BCUT2D eigenvalue weighted by molar-refractivity contribution is 5.80. The molecule has 0 aliphatic rings. The van der Waals surface area contributed by atoms with Gasteiger partial charge in [-0.1, -0.05) is 18.2 Å². The van der Waals surface area contributed by atoms with Gasteiger partial charge in [0.15, 0.2) is 0 Å². The second-order valence-electron chi connectivity index (χ2n) is 4.18. The zero-order valence-corrected chi connectivity index (χ0v) is 11.4. The molecule has 5 nitrogen and oxygen atoms in total. The Kier molecular flexibility index (Phi) is 6.92. The highest BCUT2D eigenvalue weighted by atomic mass is 16.5. The minimum absolute atomic E-state index is 0.161. The molecule has 0 saturated heterocycles. The first-order chi connectivity index (χ1) is 9.15. The summed E-state index contributed by atoms with van der Waals surface area (Å²) in [4.78, 5) is 11.7. The van der Waals surface area contributed by atoms with Gasteiger partial charge in [0.25, 0.3) is 0 Å². The van der Waals surface area contributed by atoms with E-state index in [1.54, 1.807) is 26.2 Å². The Morgan fingerprint density at radius 1 is 1.37 bits per heavy atom. The molecular formula is C14H21NO4. The Balaban J connectivity index is 2.25. The summed E-state index contributed by atoms with van der Waals surface area (Å²) >= 11 is 0. The SMILES string of the molecule is COCCOC(C)C(=O)NCCc1ccccc1O. The lowest BCUT2D eigenvalue weighted by molar-refractivity contribution is -0.132. The van der Waals surface area contributed by atoms with Crippen LogP contribution in [0.5, 0.6) is 5.75 Å². The first-order valence-electron chi connectivity index (χ1n) is 6.30. The molecule has 0 bridgehead atoms. The Hall–Kier alpha value is -1.59. The number of carbonyl (C=O) groups is 1. The van der Waals surface area contributed by atoms with E-state index in [1.807, 2.05) is 12.1 Å². The number of aromatic hydroxyl groups is 1. The molecule has 0 heterocycles. The van der Waals surface area contributed by atoms with Crippen molar-refractivity contribution in [1.82, 2.24) is 5.32 Å². The predicted molar refractivity (Wildman–Crippen MR) is 72.1 cm³/mol. The summed E-state index contributed by atoms with van der Waals surface area (Å²) in [6.07, 6.45) is 0.0861. The van der Waals surface area contributed by atoms with E-state index in [-0.39, 0.29) is 11.7 Å². The maximum atomic E-state index is 11.7. The molecule has 0 aliphatic heterocycles. The van der Waals surface area contributed by atoms with Crippen LogP contribution in [0.25, 0.3) is 0 Å². The number of carbonyl (C=O) groups excluding carboxylic acids is 1. The number of phenols is 1. The highest BCUT2D eigenvalue weighted by Crippen LogP contribution is 2.15. The number of rotatable bonds is 8. The van der Waals surface area contributed by atoms with Crippen LogP contribution in [0.3, 0.4) is 0 Å². The maximum Gasteiger partial charge on any atom is 0.248 e. The molecule has 0 aromatic heterocycles. The molecular weight excluding hydrogens is 246 g/mol. The summed E-state index contributed by atoms with van der Waals surface area (Å²) in [6.45, 7) is 3.03. The molecule has 0 spiro atoms. The van der Waals surface area contributed by atoms with Gasteiger partial charge < -0.3 is 19.9 Å². The van der Waals surface area contributed by atoms with E-state index in [9.17, 15) is 9.90 Å². The number of ether oxygens (including phenoxy) is 2. The van der Waals surface area contributed by atoms with Crippen molar-refractivity contribution in [3.8, 4) is 5.75 Å². The van der Waals surface area contributed by atoms with Crippen LogP contribution in [0, 0.1) is 0 Å². The lowest BCUT2D eigenvalue weighted by atomic mass is 10.1. The Labute approximate surface area is 113 Å². The minimum Gasteiger partial charge on any atom is -0.508 e. The Morgan fingerprint density at radius 2 is 2.11 bits per heavy atom.